The Balaban J connectivity index is 1.41. The fraction of sp³-hybridized carbons (Fsp3) is 0.286. The van der Waals surface area contributed by atoms with Crippen LogP contribution in [0, 0.1) is 0 Å². The fourth-order valence-electron chi connectivity index (χ4n) is 3.41. The highest BCUT2D eigenvalue weighted by molar-refractivity contribution is 6.30. The molecule has 6 nitrogen and oxygen atoms in total. The van der Waals surface area contributed by atoms with Crippen LogP contribution in [0.15, 0.2) is 53.1 Å². The van der Waals surface area contributed by atoms with Crippen LogP contribution in [-0.4, -0.2) is 41.1 Å². The first kappa shape index (κ1) is 18.5. The van der Waals surface area contributed by atoms with Gasteiger partial charge in [0.25, 0.3) is 5.91 Å². The van der Waals surface area contributed by atoms with Gasteiger partial charge in [0.15, 0.2) is 0 Å². The summed E-state index contributed by atoms with van der Waals surface area (Å²) in [5.41, 5.74) is 1.46. The first-order valence-corrected chi connectivity index (χ1v) is 9.54. The van der Waals surface area contributed by atoms with Crippen LogP contribution in [0.2, 0.25) is 5.02 Å². The molecule has 0 saturated carbocycles. The minimum Gasteiger partial charge on any atom is -0.497 e. The number of piperidine rings is 1. The molecular formula is C21H20ClN3O3. The lowest BCUT2D eigenvalue weighted by atomic mass is 9.96. The van der Waals surface area contributed by atoms with Gasteiger partial charge in [-0.05, 0) is 43.2 Å². The van der Waals surface area contributed by atoms with Crippen molar-refractivity contribution in [1.29, 1.82) is 0 Å². The second-order valence-electron chi connectivity index (χ2n) is 6.76. The minimum atomic E-state index is 0.0162. The molecule has 1 fully saturated rings. The normalized spacial score (nSPS) is 14.9. The van der Waals surface area contributed by atoms with E-state index >= 15 is 0 Å². The maximum Gasteiger partial charge on any atom is 0.253 e. The molecule has 0 unspecified atom stereocenters. The lowest BCUT2D eigenvalue weighted by Crippen LogP contribution is -2.38. The number of methoxy groups -OCH3 is 1. The summed E-state index contributed by atoms with van der Waals surface area (Å²) in [5, 5.41) is 4.72. The molecule has 0 spiro atoms. The number of halogens is 1. The van der Waals surface area contributed by atoms with Crippen LogP contribution >= 0.6 is 11.6 Å². The van der Waals surface area contributed by atoms with Gasteiger partial charge in [-0.25, -0.2) is 0 Å². The average Bonchev–Trinajstić information content (AvgIpc) is 3.24. The number of hydrogen-bond acceptors (Lipinski definition) is 5. The van der Waals surface area contributed by atoms with Crippen LogP contribution in [0.1, 0.15) is 35.0 Å². The Labute approximate surface area is 168 Å². The Morgan fingerprint density at radius 1 is 1.18 bits per heavy atom. The molecule has 7 heteroatoms. The molecule has 0 radical (unpaired) electrons. The van der Waals surface area contributed by atoms with Crippen molar-refractivity contribution >= 4 is 17.5 Å². The van der Waals surface area contributed by atoms with Gasteiger partial charge in [-0.3, -0.25) is 4.79 Å². The van der Waals surface area contributed by atoms with E-state index in [-0.39, 0.29) is 11.8 Å². The number of rotatable bonds is 4. The highest BCUT2D eigenvalue weighted by atomic mass is 35.5. The van der Waals surface area contributed by atoms with Gasteiger partial charge in [-0.15, -0.1) is 0 Å². The maximum absolute atomic E-state index is 12.7. The third kappa shape index (κ3) is 3.87. The topological polar surface area (TPSA) is 68.5 Å². The van der Waals surface area contributed by atoms with Crippen LogP contribution in [0.4, 0.5) is 0 Å². The van der Waals surface area contributed by atoms with E-state index < -0.39 is 0 Å². The zero-order valence-electron chi connectivity index (χ0n) is 15.5. The Morgan fingerprint density at radius 3 is 2.71 bits per heavy atom. The molecule has 0 N–H and O–H groups in total. The highest BCUT2D eigenvalue weighted by Crippen LogP contribution is 2.30. The minimum absolute atomic E-state index is 0.0162. The smallest absolute Gasteiger partial charge is 0.253 e. The third-order valence-corrected chi connectivity index (χ3v) is 5.21. The molecule has 0 atom stereocenters. The van der Waals surface area contributed by atoms with E-state index in [0.29, 0.717) is 41.1 Å². The zero-order chi connectivity index (χ0) is 19.5. The maximum atomic E-state index is 12.7. The van der Waals surface area contributed by atoms with Crippen molar-refractivity contribution in [3.05, 3.63) is 65.0 Å². The molecule has 4 rings (SSSR count). The van der Waals surface area contributed by atoms with E-state index in [1.165, 1.54) is 0 Å². The van der Waals surface area contributed by atoms with Crippen LogP contribution in [0.5, 0.6) is 5.75 Å². The summed E-state index contributed by atoms with van der Waals surface area (Å²) >= 11 is 6.03. The van der Waals surface area contributed by atoms with Gasteiger partial charge in [0.1, 0.15) is 5.75 Å². The van der Waals surface area contributed by atoms with E-state index in [0.717, 1.165) is 18.4 Å². The molecule has 1 aliphatic rings. The Bertz CT molecular complexity index is 980. The molecule has 1 amide bonds. The molecule has 0 bridgehead atoms. The Morgan fingerprint density at radius 2 is 1.96 bits per heavy atom. The van der Waals surface area contributed by atoms with Crippen LogP contribution in [-0.2, 0) is 0 Å². The lowest BCUT2D eigenvalue weighted by molar-refractivity contribution is 0.0704. The van der Waals surface area contributed by atoms with E-state index in [9.17, 15) is 4.79 Å². The number of ether oxygens (including phenoxy) is 1. The molecule has 28 heavy (non-hydrogen) atoms. The molecular weight excluding hydrogens is 378 g/mol. The van der Waals surface area contributed by atoms with Crippen molar-refractivity contribution in [2.75, 3.05) is 20.2 Å². The number of aromatic nitrogens is 2. The van der Waals surface area contributed by atoms with Gasteiger partial charge < -0.3 is 14.2 Å². The van der Waals surface area contributed by atoms with Crippen molar-refractivity contribution in [3.8, 4) is 17.1 Å². The van der Waals surface area contributed by atoms with Gasteiger partial charge in [0, 0.05) is 35.2 Å². The second-order valence-corrected chi connectivity index (χ2v) is 7.20. The quantitative estimate of drug-likeness (QED) is 0.651. The number of hydrogen-bond donors (Lipinski definition) is 0. The van der Waals surface area contributed by atoms with Crippen molar-refractivity contribution in [1.82, 2.24) is 15.0 Å². The second kappa shape index (κ2) is 8.02. The van der Waals surface area contributed by atoms with Crippen LogP contribution in [0.25, 0.3) is 11.4 Å². The van der Waals surface area contributed by atoms with E-state index in [2.05, 4.69) is 10.1 Å². The van der Waals surface area contributed by atoms with E-state index in [4.69, 9.17) is 20.9 Å². The summed E-state index contributed by atoms with van der Waals surface area (Å²) in [7, 11) is 1.59. The number of nitrogens with zero attached hydrogens (tertiary/aromatic N) is 3. The Kier molecular flexibility index (Phi) is 5.30. The number of benzene rings is 2. The Hall–Kier alpha value is -2.86. The zero-order valence-corrected chi connectivity index (χ0v) is 16.2. The molecule has 1 aliphatic heterocycles. The first-order valence-electron chi connectivity index (χ1n) is 9.17. The van der Waals surface area contributed by atoms with Crippen molar-refractivity contribution in [3.63, 3.8) is 0 Å². The standard InChI is InChI=1S/C21H20ClN3O3/c1-27-18-7-3-5-16(13-18)21(26)25-10-8-14(9-11-25)20-23-19(24-28-20)15-4-2-6-17(22)12-15/h2-7,12-14H,8-11H2,1H3. The van der Waals surface area contributed by atoms with Gasteiger partial charge in [0.2, 0.25) is 11.7 Å². The summed E-state index contributed by atoms with van der Waals surface area (Å²) in [6.45, 7) is 1.30. The number of carbonyl (C=O) groups excluding carboxylic acids is 1. The van der Waals surface area contributed by atoms with E-state index in [1.807, 2.05) is 41.3 Å². The molecule has 0 aliphatic carbocycles. The van der Waals surface area contributed by atoms with Crippen LogP contribution < -0.4 is 4.74 Å². The largest absolute Gasteiger partial charge is 0.497 e. The summed E-state index contributed by atoms with van der Waals surface area (Å²) < 4.78 is 10.7. The van der Waals surface area contributed by atoms with Crippen molar-refractivity contribution in [2.24, 2.45) is 0 Å². The molecule has 2 heterocycles. The van der Waals surface area contributed by atoms with Gasteiger partial charge in [-0.1, -0.05) is 35.0 Å². The fourth-order valence-corrected chi connectivity index (χ4v) is 3.60. The monoisotopic (exact) mass is 397 g/mol. The molecule has 1 aromatic heterocycles. The predicted octanol–water partition coefficient (Wildman–Crippen LogP) is 4.42. The highest BCUT2D eigenvalue weighted by Gasteiger charge is 2.28. The lowest BCUT2D eigenvalue weighted by Gasteiger charge is -2.30. The average molecular weight is 398 g/mol. The summed E-state index contributed by atoms with van der Waals surface area (Å²) in [6, 6.07) is 14.6. The molecule has 144 valence electrons. The van der Waals surface area contributed by atoms with E-state index in [1.54, 1.807) is 19.2 Å². The number of carbonyl (C=O) groups is 1. The van der Waals surface area contributed by atoms with Gasteiger partial charge >= 0.3 is 0 Å². The number of likely N-dealkylation sites (tertiary alicyclic amines) is 1. The first-order chi connectivity index (χ1) is 13.6. The summed E-state index contributed by atoms with van der Waals surface area (Å²) in [5.74, 6) is 1.99. The third-order valence-electron chi connectivity index (χ3n) is 4.97. The van der Waals surface area contributed by atoms with Crippen molar-refractivity contribution < 1.29 is 14.1 Å². The molecule has 3 aromatic rings. The van der Waals surface area contributed by atoms with Gasteiger partial charge in [0.05, 0.1) is 7.11 Å². The predicted molar refractivity (Wildman–Crippen MR) is 106 cm³/mol. The van der Waals surface area contributed by atoms with Crippen LogP contribution in [0.3, 0.4) is 0 Å². The summed E-state index contributed by atoms with van der Waals surface area (Å²) in [4.78, 5) is 19.1. The number of amides is 1. The van der Waals surface area contributed by atoms with Gasteiger partial charge in [-0.2, -0.15) is 4.98 Å². The molecule has 1 saturated heterocycles. The SMILES string of the molecule is COc1cccc(C(=O)N2CCC(c3nc(-c4cccc(Cl)c4)no3)CC2)c1. The molecule has 2 aromatic carbocycles. The summed E-state index contributed by atoms with van der Waals surface area (Å²) in [6.07, 6.45) is 1.57. The van der Waals surface area contributed by atoms with Crippen molar-refractivity contribution in [2.45, 2.75) is 18.8 Å².